The third-order valence-corrected chi connectivity index (χ3v) is 2.12. The number of ketones is 1. The number of carbonyl (C=O) groups excluding carboxylic acids is 2. The second-order valence-corrected chi connectivity index (χ2v) is 3.70. The molecule has 0 saturated carbocycles. The summed E-state index contributed by atoms with van der Waals surface area (Å²) in [5.41, 5.74) is 2.67. The molecule has 0 aliphatic rings. The highest BCUT2D eigenvalue weighted by atomic mass is 16.2. The van der Waals surface area contributed by atoms with Gasteiger partial charge in [0.25, 0.3) is 5.91 Å². The first-order valence-corrected chi connectivity index (χ1v) is 4.85. The third-order valence-electron chi connectivity index (χ3n) is 2.12. The van der Waals surface area contributed by atoms with E-state index in [4.69, 9.17) is 0 Å². The van der Waals surface area contributed by atoms with Crippen molar-refractivity contribution in [2.75, 3.05) is 6.54 Å². The zero-order valence-corrected chi connectivity index (χ0v) is 9.26. The smallest absolute Gasteiger partial charge is 0.251 e. The summed E-state index contributed by atoms with van der Waals surface area (Å²) in [4.78, 5) is 22.3. The Morgan fingerprint density at radius 3 is 2.47 bits per heavy atom. The molecule has 80 valence electrons. The molecule has 1 aromatic carbocycles. The fraction of sp³-hybridized carbons (Fsp3) is 0.333. The quantitative estimate of drug-likeness (QED) is 0.815. The van der Waals surface area contributed by atoms with Crippen molar-refractivity contribution < 1.29 is 9.59 Å². The number of hydrogen-bond acceptors (Lipinski definition) is 2. The lowest BCUT2D eigenvalue weighted by Gasteiger charge is -2.06. The Hall–Kier alpha value is -1.64. The summed E-state index contributed by atoms with van der Waals surface area (Å²) in [6.07, 6.45) is 0. The Morgan fingerprint density at radius 2 is 1.93 bits per heavy atom. The molecule has 1 rings (SSSR count). The Balaban J connectivity index is 2.78. The Labute approximate surface area is 89.5 Å². The molecule has 1 aromatic rings. The van der Waals surface area contributed by atoms with Crippen molar-refractivity contribution in [1.82, 2.24) is 5.32 Å². The largest absolute Gasteiger partial charge is 0.345 e. The van der Waals surface area contributed by atoms with Crippen LogP contribution in [0.2, 0.25) is 0 Å². The number of carbonyl (C=O) groups is 2. The molecule has 15 heavy (non-hydrogen) atoms. The van der Waals surface area contributed by atoms with Gasteiger partial charge in [-0.15, -0.1) is 0 Å². The summed E-state index contributed by atoms with van der Waals surface area (Å²) in [7, 11) is 0. The van der Waals surface area contributed by atoms with E-state index in [0.29, 0.717) is 5.56 Å². The van der Waals surface area contributed by atoms with Gasteiger partial charge in [0.05, 0.1) is 6.54 Å². The zero-order valence-electron chi connectivity index (χ0n) is 9.26. The maximum atomic E-state index is 11.6. The van der Waals surface area contributed by atoms with Crippen LogP contribution in [0.5, 0.6) is 0 Å². The Kier molecular flexibility index (Phi) is 3.61. The van der Waals surface area contributed by atoms with E-state index in [9.17, 15) is 9.59 Å². The average molecular weight is 205 g/mol. The molecule has 3 heteroatoms. The van der Waals surface area contributed by atoms with Gasteiger partial charge in [-0.2, -0.15) is 0 Å². The minimum Gasteiger partial charge on any atom is -0.345 e. The van der Waals surface area contributed by atoms with Crippen LogP contribution >= 0.6 is 0 Å². The van der Waals surface area contributed by atoms with Gasteiger partial charge in [0.1, 0.15) is 5.78 Å². The maximum absolute atomic E-state index is 11.6. The van der Waals surface area contributed by atoms with Crippen molar-refractivity contribution in [2.45, 2.75) is 20.8 Å². The number of Topliss-reactive ketones (excluding diaryl/α,β-unsaturated/α-hetero) is 1. The molecule has 0 heterocycles. The minimum atomic E-state index is -0.192. The number of amides is 1. The van der Waals surface area contributed by atoms with E-state index in [2.05, 4.69) is 5.32 Å². The lowest BCUT2D eigenvalue weighted by Crippen LogP contribution is -2.28. The van der Waals surface area contributed by atoms with Crippen molar-refractivity contribution in [3.63, 3.8) is 0 Å². The van der Waals surface area contributed by atoms with Crippen molar-refractivity contribution in [2.24, 2.45) is 0 Å². The summed E-state index contributed by atoms with van der Waals surface area (Å²) in [6.45, 7) is 5.40. The van der Waals surface area contributed by atoms with Crippen LogP contribution in [0.1, 0.15) is 28.4 Å². The molecule has 0 radical (unpaired) electrons. The fourth-order valence-corrected chi connectivity index (χ4v) is 1.37. The molecule has 0 fully saturated rings. The molecule has 1 amide bonds. The predicted molar refractivity (Wildman–Crippen MR) is 58.9 cm³/mol. The van der Waals surface area contributed by atoms with E-state index >= 15 is 0 Å². The maximum Gasteiger partial charge on any atom is 0.251 e. The summed E-state index contributed by atoms with van der Waals surface area (Å²) in [5.74, 6) is -0.240. The van der Waals surface area contributed by atoms with Crippen LogP contribution in [0.15, 0.2) is 18.2 Å². The SMILES string of the molecule is CC(=O)CNC(=O)c1ccc(C)cc1C. The molecule has 0 aromatic heterocycles. The van der Waals surface area contributed by atoms with E-state index in [1.165, 1.54) is 6.92 Å². The number of rotatable bonds is 3. The predicted octanol–water partition coefficient (Wildman–Crippen LogP) is 1.62. The van der Waals surface area contributed by atoms with Gasteiger partial charge in [0.2, 0.25) is 0 Å². The van der Waals surface area contributed by atoms with Crippen LogP contribution in [0, 0.1) is 13.8 Å². The first kappa shape index (κ1) is 11.4. The van der Waals surface area contributed by atoms with E-state index < -0.39 is 0 Å². The molecule has 3 nitrogen and oxygen atoms in total. The molecule has 0 unspecified atom stereocenters. The van der Waals surface area contributed by atoms with Crippen molar-refractivity contribution >= 4 is 11.7 Å². The molecule has 0 atom stereocenters. The summed E-state index contributed by atoms with van der Waals surface area (Å²) in [6, 6.07) is 5.61. The molecule has 1 N–H and O–H groups in total. The van der Waals surface area contributed by atoms with E-state index in [0.717, 1.165) is 11.1 Å². The first-order valence-electron chi connectivity index (χ1n) is 4.85. The second kappa shape index (κ2) is 4.73. The molecular weight excluding hydrogens is 190 g/mol. The Bertz CT molecular complexity index is 397. The van der Waals surface area contributed by atoms with Gasteiger partial charge in [-0.05, 0) is 32.4 Å². The molecule has 0 saturated heterocycles. The minimum absolute atomic E-state index is 0.0480. The van der Waals surface area contributed by atoms with Crippen LogP contribution in [0.4, 0.5) is 0 Å². The lowest BCUT2D eigenvalue weighted by atomic mass is 10.1. The fourth-order valence-electron chi connectivity index (χ4n) is 1.37. The summed E-state index contributed by atoms with van der Waals surface area (Å²) in [5, 5.41) is 2.57. The highest BCUT2D eigenvalue weighted by Crippen LogP contribution is 2.09. The summed E-state index contributed by atoms with van der Waals surface area (Å²) < 4.78 is 0. The van der Waals surface area contributed by atoms with E-state index in [1.54, 1.807) is 6.07 Å². The highest BCUT2D eigenvalue weighted by Gasteiger charge is 2.08. The number of aryl methyl sites for hydroxylation is 2. The molecule has 0 spiro atoms. The molecule has 0 aliphatic heterocycles. The van der Waals surface area contributed by atoms with Gasteiger partial charge in [-0.3, -0.25) is 9.59 Å². The summed E-state index contributed by atoms with van der Waals surface area (Å²) >= 11 is 0. The standard InChI is InChI=1S/C12H15NO2/c1-8-4-5-11(9(2)6-8)12(15)13-7-10(3)14/h4-6H,7H2,1-3H3,(H,13,15). The van der Waals surface area contributed by atoms with Gasteiger partial charge in [0, 0.05) is 5.56 Å². The first-order chi connectivity index (χ1) is 7.00. The van der Waals surface area contributed by atoms with Gasteiger partial charge in [-0.1, -0.05) is 17.7 Å². The van der Waals surface area contributed by atoms with Gasteiger partial charge in [0.15, 0.2) is 0 Å². The van der Waals surface area contributed by atoms with Crippen molar-refractivity contribution in [1.29, 1.82) is 0 Å². The van der Waals surface area contributed by atoms with Crippen LogP contribution in [-0.4, -0.2) is 18.2 Å². The lowest BCUT2D eigenvalue weighted by molar-refractivity contribution is -0.116. The monoisotopic (exact) mass is 205 g/mol. The normalized spacial score (nSPS) is 9.80. The highest BCUT2D eigenvalue weighted by molar-refractivity contribution is 5.97. The second-order valence-electron chi connectivity index (χ2n) is 3.70. The average Bonchev–Trinajstić information content (AvgIpc) is 2.14. The zero-order chi connectivity index (χ0) is 11.4. The van der Waals surface area contributed by atoms with Crippen molar-refractivity contribution in [3.05, 3.63) is 34.9 Å². The van der Waals surface area contributed by atoms with Crippen LogP contribution in [-0.2, 0) is 4.79 Å². The van der Waals surface area contributed by atoms with Crippen LogP contribution < -0.4 is 5.32 Å². The number of nitrogens with one attached hydrogen (secondary N) is 1. The Morgan fingerprint density at radius 1 is 1.27 bits per heavy atom. The third kappa shape index (κ3) is 3.20. The van der Waals surface area contributed by atoms with Crippen LogP contribution in [0.25, 0.3) is 0 Å². The van der Waals surface area contributed by atoms with Gasteiger partial charge in [-0.25, -0.2) is 0 Å². The van der Waals surface area contributed by atoms with E-state index in [1.807, 2.05) is 26.0 Å². The van der Waals surface area contributed by atoms with Gasteiger partial charge < -0.3 is 5.32 Å². The number of benzene rings is 1. The van der Waals surface area contributed by atoms with Gasteiger partial charge >= 0.3 is 0 Å². The van der Waals surface area contributed by atoms with Crippen LogP contribution in [0.3, 0.4) is 0 Å². The molecular formula is C12H15NO2. The topological polar surface area (TPSA) is 46.2 Å². The molecule has 0 bridgehead atoms. The van der Waals surface area contributed by atoms with E-state index in [-0.39, 0.29) is 18.2 Å². The molecule has 0 aliphatic carbocycles. The number of hydrogen-bond donors (Lipinski definition) is 1. The van der Waals surface area contributed by atoms with Crippen molar-refractivity contribution in [3.8, 4) is 0 Å².